The number of hydrogen-bond donors (Lipinski definition) is 1. The Balaban J connectivity index is 1.98. The number of carbonyl (C=O) groups is 1. The lowest BCUT2D eigenvalue weighted by molar-refractivity contribution is 0.111. The van der Waals surface area contributed by atoms with Gasteiger partial charge < -0.3 is 5.32 Å². The van der Waals surface area contributed by atoms with Crippen LogP contribution < -0.4 is 5.32 Å². The third-order valence-corrected chi connectivity index (χ3v) is 2.15. The van der Waals surface area contributed by atoms with E-state index in [2.05, 4.69) is 15.4 Å². The average molecular weight is 180 g/mol. The monoisotopic (exact) mass is 180 g/mol. The van der Waals surface area contributed by atoms with Gasteiger partial charge >= 0.3 is 0 Å². The summed E-state index contributed by atoms with van der Waals surface area (Å²) in [7, 11) is 1.71. The maximum atomic E-state index is 10.4. The molecule has 1 fully saturated rings. The number of aryl methyl sites for hydroxylation is 1. The zero-order chi connectivity index (χ0) is 9.26. The minimum atomic E-state index is 0.360. The molecule has 5 nitrogen and oxygen atoms in total. The first-order chi connectivity index (χ1) is 6.29. The summed E-state index contributed by atoms with van der Waals surface area (Å²) in [4.78, 5) is 14.4. The molecule has 0 aliphatic heterocycles. The predicted octanol–water partition coefficient (Wildman–Crippen LogP) is 0.450. The molecule has 1 heterocycles. The van der Waals surface area contributed by atoms with Crippen LogP contribution in [-0.2, 0) is 7.05 Å². The first-order valence-corrected chi connectivity index (χ1v) is 4.39. The van der Waals surface area contributed by atoms with Crippen molar-refractivity contribution in [3.8, 4) is 0 Å². The first-order valence-electron chi connectivity index (χ1n) is 4.39. The lowest BCUT2D eigenvalue weighted by atomic mass is 10.4. The summed E-state index contributed by atoms with van der Waals surface area (Å²) in [5.74, 6) is 1.69. The molecule has 1 aliphatic rings. The number of carbonyl (C=O) groups excluding carboxylic acids is 1. The van der Waals surface area contributed by atoms with Gasteiger partial charge in [0.2, 0.25) is 5.95 Å². The molecule has 0 spiro atoms. The highest BCUT2D eigenvalue weighted by Crippen LogP contribution is 2.28. The van der Waals surface area contributed by atoms with Gasteiger partial charge in [-0.05, 0) is 18.8 Å². The van der Waals surface area contributed by atoms with Crippen LogP contribution in [0.1, 0.15) is 23.5 Å². The fourth-order valence-corrected chi connectivity index (χ4v) is 1.13. The molecule has 5 heteroatoms. The van der Waals surface area contributed by atoms with E-state index in [-0.39, 0.29) is 0 Å². The molecule has 0 atom stereocenters. The lowest BCUT2D eigenvalue weighted by Crippen LogP contribution is -2.04. The highest BCUT2D eigenvalue weighted by molar-refractivity contribution is 5.69. The summed E-state index contributed by atoms with van der Waals surface area (Å²) in [6, 6.07) is 0. The van der Waals surface area contributed by atoms with Crippen molar-refractivity contribution >= 4 is 12.2 Å². The van der Waals surface area contributed by atoms with Crippen LogP contribution >= 0.6 is 0 Å². The van der Waals surface area contributed by atoms with Crippen molar-refractivity contribution in [1.82, 2.24) is 14.8 Å². The van der Waals surface area contributed by atoms with Crippen molar-refractivity contribution in [2.75, 3.05) is 11.9 Å². The van der Waals surface area contributed by atoms with Crippen LogP contribution in [-0.4, -0.2) is 27.6 Å². The molecule has 0 saturated heterocycles. The summed E-state index contributed by atoms with van der Waals surface area (Å²) >= 11 is 0. The van der Waals surface area contributed by atoms with Gasteiger partial charge in [0.15, 0.2) is 12.1 Å². The highest BCUT2D eigenvalue weighted by Gasteiger charge is 2.21. The molecule has 13 heavy (non-hydrogen) atoms. The van der Waals surface area contributed by atoms with Gasteiger partial charge in [0.1, 0.15) is 0 Å². The van der Waals surface area contributed by atoms with Gasteiger partial charge in [0.25, 0.3) is 0 Å². The van der Waals surface area contributed by atoms with E-state index >= 15 is 0 Å². The number of anilines is 1. The molecule has 1 N–H and O–H groups in total. The summed E-state index contributed by atoms with van der Waals surface area (Å²) in [5, 5.41) is 7.14. The van der Waals surface area contributed by atoms with Gasteiger partial charge in [-0.15, -0.1) is 5.10 Å². The molecule has 70 valence electrons. The van der Waals surface area contributed by atoms with Gasteiger partial charge in [-0.3, -0.25) is 4.79 Å². The Kier molecular flexibility index (Phi) is 2.00. The van der Waals surface area contributed by atoms with Crippen molar-refractivity contribution in [3.63, 3.8) is 0 Å². The smallest absolute Gasteiger partial charge is 0.242 e. The van der Waals surface area contributed by atoms with E-state index in [0.717, 1.165) is 12.5 Å². The van der Waals surface area contributed by atoms with Crippen LogP contribution in [0.25, 0.3) is 0 Å². The van der Waals surface area contributed by atoms with Gasteiger partial charge in [0.05, 0.1) is 0 Å². The average Bonchev–Trinajstić information content (AvgIpc) is 2.87. The van der Waals surface area contributed by atoms with Gasteiger partial charge in [-0.2, -0.15) is 4.98 Å². The third-order valence-electron chi connectivity index (χ3n) is 2.15. The number of nitrogens with one attached hydrogen (secondary N) is 1. The van der Waals surface area contributed by atoms with E-state index < -0.39 is 0 Å². The molecular formula is C8H12N4O. The Morgan fingerprint density at radius 2 is 2.46 bits per heavy atom. The minimum absolute atomic E-state index is 0.360. The number of hydrogen-bond acceptors (Lipinski definition) is 4. The summed E-state index contributed by atoms with van der Waals surface area (Å²) in [6.45, 7) is 0.919. The van der Waals surface area contributed by atoms with Crippen LogP contribution in [0.3, 0.4) is 0 Å². The predicted molar refractivity (Wildman–Crippen MR) is 47.6 cm³/mol. The van der Waals surface area contributed by atoms with Crippen LogP contribution in [0.15, 0.2) is 0 Å². The highest BCUT2D eigenvalue weighted by atomic mass is 16.1. The number of aromatic nitrogens is 3. The van der Waals surface area contributed by atoms with Crippen molar-refractivity contribution in [1.29, 1.82) is 0 Å². The number of rotatable bonds is 4. The quantitative estimate of drug-likeness (QED) is 0.683. The van der Waals surface area contributed by atoms with Crippen molar-refractivity contribution in [3.05, 3.63) is 5.82 Å². The van der Waals surface area contributed by atoms with E-state index in [1.165, 1.54) is 17.5 Å². The Morgan fingerprint density at radius 3 is 3.00 bits per heavy atom. The second-order valence-electron chi connectivity index (χ2n) is 3.36. The van der Waals surface area contributed by atoms with Gasteiger partial charge in [-0.1, -0.05) is 0 Å². The van der Waals surface area contributed by atoms with Crippen molar-refractivity contribution < 1.29 is 4.79 Å². The second kappa shape index (κ2) is 3.16. The largest absolute Gasteiger partial charge is 0.353 e. The van der Waals surface area contributed by atoms with Crippen LogP contribution in [0.2, 0.25) is 0 Å². The third kappa shape index (κ3) is 1.85. The van der Waals surface area contributed by atoms with E-state index in [1.807, 2.05) is 0 Å². The minimum Gasteiger partial charge on any atom is -0.353 e. The Bertz CT molecular complexity index is 316. The molecule has 0 unspecified atom stereocenters. The van der Waals surface area contributed by atoms with E-state index in [9.17, 15) is 4.79 Å². The zero-order valence-corrected chi connectivity index (χ0v) is 7.53. The zero-order valence-electron chi connectivity index (χ0n) is 7.53. The van der Waals surface area contributed by atoms with Crippen LogP contribution in [0.4, 0.5) is 5.95 Å². The van der Waals surface area contributed by atoms with E-state index in [1.54, 1.807) is 7.05 Å². The Hall–Kier alpha value is -1.39. The molecule has 0 amide bonds. The second-order valence-corrected chi connectivity index (χ2v) is 3.36. The Morgan fingerprint density at radius 1 is 1.69 bits per heavy atom. The molecule has 2 rings (SSSR count). The summed E-state index contributed by atoms with van der Waals surface area (Å²) < 4.78 is 1.47. The number of aldehydes is 1. The van der Waals surface area contributed by atoms with Crippen molar-refractivity contribution in [2.24, 2.45) is 13.0 Å². The van der Waals surface area contributed by atoms with Crippen LogP contribution in [0.5, 0.6) is 0 Å². The fraction of sp³-hybridized carbons (Fsp3) is 0.625. The molecule has 1 saturated carbocycles. The molecule has 1 aromatic heterocycles. The molecular weight excluding hydrogens is 168 g/mol. The summed E-state index contributed by atoms with van der Waals surface area (Å²) in [5.41, 5.74) is 0. The fourth-order valence-electron chi connectivity index (χ4n) is 1.13. The maximum absolute atomic E-state index is 10.4. The molecule has 0 aromatic carbocycles. The molecule has 1 aromatic rings. The Labute approximate surface area is 76.2 Å². The van der Waals surface area contributed by atoms with Crippen LogP contribution in [0, 0.1) is 5.92 Å². The lowest BCUT2D eigenvalue weighted by Gasteiger charge is -1.96. The SMILES string of the molecule is Cn1nc(NCC2CC2)nc1C=O. The van der Waals surface area contributed by atoms with Gasteiger partial charge in [-0.25, -0.2) is 4.68 Å². The van der Waals surface area contributed by atoms with Gasteiger partial charge in [0, 0.05) is 13.6 Å². The standard InChI is InChI=1S/C8H12N4O/c1-12-7(5-13)10-8(11-12)9-4-6-2-3-6/h5-6H,2-4H2,1H3,(H,9,11). The van der Waals surface area contributed by atoms with E-state index in [0.29, 0.717) is 18.1 Å². The molecule has 0 radical (unpaired) electrons. The maximum Gasteiger partial charge on any atom is 0.242 e. The molecule has 0 bridgehead atoms. The first kappa shape index (κ1) is 8.22. The van der Waals surface area contributed by atoms with Crippen molar-refractivity contribution in [2.45, 2.75) is 12.8 Å². The summed E-state index contributed by atoms with van der Waals surface area (Å²) in [6.07, 6.45) is 3.29. The van der Waals surface area contributed by atoms with E-state index in [4.69, 9.17) is 0 Å². The topological polar surface area (TPSA) is 59.8 Å². The number of nitrogens with zero attached hydrogens (tertiary/aromatic N) is 3. The molecule has 1 aliphatic carbocycles. The normalized spacial score (nSPS) is 15.8.